The zero-order valence-electron chi connectivity index (χ0n) is 13.9. The fourth-order valence-electron chi connectivity index (χ4n) is 1.78. The van der Waals surface area contributed by atoms with Crippen molar-refractivity contribution in [3.8, 4) is 5.75 Å². The van der Waals surface area contributed by atoms with Crippen LogP contribution in [0.4, 0.5) is 4.79 Å². The second kappa shape index (κ2) is 7.82. The average molecular weight is 307 g/mol. The molecule has 0 atom stereocenters. The van der Waals surface area contributed by atoms with E-state index in [9.17, 15) is 9.59 Å². The van der Waals surface area contributed by atoms with Crippen molar-refractivity contribution in [2.45, 2.75) is 52.7 Å². The molecule has 0 radical (unpaired) electrons. The summed E-state index contributed by atoms with van der Waals surface area (Å²) in [6.07, 6.45) is -0.261. The number of carbonyl (C=O) groups excluding carboxylic acids is 2. The Balaban J connectivity index is 2.47. The molecule has 1 rings (SSSR count). The smallest absolute Gasteiger partial charge is 0.408 e. The minimum Gasteiger partial charge on any atom is -0.491 e. The third-order valence-electron chi connectivity index (χ3n) is 2.50. The summed E-state index contributed by atoms with van der Waals surface area (Å²) >= 11 is 0. The van der Waals surface area contributed by atoms with Gasteiger partial charge in [-0.3, -0.25) is 4.79 Å². The number of Topliss-reactive ketones (excluding diaryl/α,β-unsaturated/α-hetero) is 1. The number of amides is 1. The van der Waals surface area contributed by atoms with E-state index in [1.807, 2.05) is 38.1 Å². The lowest BCUT2D eigenvalue weighted by atomic mass is 10.1. The van der Waals surface area contributed by atoms with Crippen molar-refractivity contribution in [2.24, 2.45) is 0 Å². The fourth-order valence-corrected chi connectivity index (χ4v) is 1.78. The molecule has 1 aromatic carbocycles. The molecule has 0 aliphatic carbocycles. The minimum absolute atomic E-state index is 0.0514. The monoisotopic (exact) mass is 307 g/mol. The SMILES string of the molecule is CC(C)Oc1cccc(CC(=O)CNC(=O)OC(C)(C)C)c1. The molecule has 0 saturated carbocycles. The molecule has 0 unspecified atom stereocenters. The summed E-state index contributed by atoms with van der Waals surface area (Å²) in [5.41, 5.74) is 0.282. The standard InChI is InChI=1S/C17H25NO4/c1-12(2)21-15-8-6-7-13(10-15)9-14(19)11-18-16(20)22-17(3,4)5/h6-8,10,12H,9,11H2,1-5H3,(H,18,20). The molecule has 122 valence electrons. The average Bonchev–Trinajstić information content (AvgIpc) is 2.34. The van der Waals surface area contributed by atoms with Gasteiger partial charge in [0.2, 0.25) is 0 Å². The Labute approximate surface area is 132 Å². The predicted octanol–water partition coefficient (Wildman–Crippen LogP) is 3.11. The Hall–Kier alpha value is -2.04. The molecule has 0 spiro atoms. The van der Waals surface area contributed by atoms with Crippen LogP contribution in [0.1, 0.15) is 40.2 Å². The van der Waals surface area contributed by atoms with Gasteiger partial charge in [-0.2, -0.15) is 0 Å². The van der Waals surface area contributed by atoms with Crippen molar-refractivity contribution in [1.82, 2.24) is 5.32 Å². The molecule has 5 nitrogen and oxygen atoms in total. The van der Waals surface area contributed by atoms with E-state index in [0.29, 0.717) is 0 Å². The molecule has 0 aromatic heterocycles. The Bertz CT molecular complexity index is 518. The van der Waals surface area contributed by atoms with E-state index in [2.05, 4.69) is 5.32 Å². The Morgan fingerprint density at radius 3 is 2.50 bits per heavy atom. The molecule has 22 heavy (non-hydrogen) atoms. The Kier molecular flexibility index (Phi) is 6.40. The lowest BCUT2D eigenvalue weighted by Crippen LogP contribution is -2.35. The van der Waals surface area contributed by atoms with Crippen molar-refractivity contribution >= 4 is 11.9 Å². The van der Waals surface area contributed by atoms with E-state index in [1.165, 1.54) is 0 Å². The predicted molar refractivity (Wildman–Crippen MR) is 85.2 cm³/mol. The van der Waals surface area contributed by atoms with Crippen LogP contribution in [0, 0.1) is 0 Å². The first kappa shape index (κ1) is 18.0. The summed E-state index contributed by atoms with van der Waals surface area (Å²) in [7, 11) is 0. The van der Waals surface area contributed by atoms with Crippen LogP contribution in [-0.2, 0) is 16.0 Å². The molecule has 0 aliphatic rings. The third-order valence-corrected chi connectivity index (χ3v) is 2.50. The zero-order valence-corrected chi connectivity index (χ0v) is 13.9. The molecular weight excluding hydrogens is 282 g/mol. The van der Waals surface area contributed by atoms with Gasteiger partial charge in [0, 0.05) is 6.42 Å². The number of hydrogen-bond acceptors (Lipinski definition) is 4. The highest BCUT2D eigenvalue weighted by molar-refractivity contribution is 5.85. The molecule has 0 bridgehead atoms. The second-order valence-corrected chi connectivity index (χ2v) is 6.38. The van der Waals surface area contributed by atoms with E-state index in [1.54, 1.807) is 20.8 Å². The van der Waals surface area contributed by atoms with Gasteiger partial charge in [-0.05, 0) is 52.3 Å². The molecule has 0 heterocycles. The number of ether oxygens (including phenoxy) is 2. The van der Waals surface area contributed by atoms with Crippen LogP contribution >= 0.6 is 0 Å². The van der Waals surface area contributed by atoms with E-state index in [0.717, 1.165) is 11.3 Å². The minimum atomic E-state index is -0.585. The highest BCUT2D eigenvalue weighted by Crippen LogP contribution is 2.15. The largest absolute Gasteiger partial charge is 0.491 e. The molecule has 5 heteroatoms. The van der Waals surface area contributed by atoms with Gasteiger partial charge in [0.25, 0.3) is 0 Å². The van der Waals surface area contributed by atoms with Crippen LogP contribution in [0.2, 0.25) is 0 Å². The van der Waals surface area contributed by atoms with E-state index in [-0.39, 0.29) is 24.9 Å². The van der Waals surface area contributed by atoms with Crippen molar-refractivity contribution in [2.75, 3.05) is 6.54 Å². The van der Waals surface area contributed by atoms with Gasteiger partial charge < -0.3 is 14.8 Å². The van der Waals surface area contributed by atoms with Crippen LogP contribution in [0.5, 0.6) is 5.75 Å². The van der Waals surface area contributed by atoms with Gasteiger partial charge >= 0.3 is 6.09 Å². The van der Waals surface area contributed by atoms with Crippen LogP contribution in [0.25, 0.3) is 0 Å². The van der Waals surface area contributed by atoms with Gasteiger partial charge in [0.15, 0.2) is 5.78 Å². The molecular formula is C17H25NO4. The summed E-state index contributed by atoms with van der Waals surface area (Å²) in [5.74, 6) is 0.646. The van der Waals surface area contributed by atoms with Crippen molar-refractivity contribution in [3.63, 3.8) is 0 Å². The first-order valence-corrected chi connectivity index (χ1v) is 7.40. The second-order valence-electron chi connectivity index (χ2n) is 6.38. The maximum Gasteiger partial charge on any atom is 0.408 e. The number of rotatable bonds is 6. The van der Waals surface area contributed by atoms with Gasteiger partial charge in [-0.1, -0.05) is 12.1 Å². The normalized spacial score (nSPS) is 11.2. The van der Waals surface area contributed by atoms with Gasteiger partial charge in [0.05, 0.1) is 12.6 Å². The van der Waals surface area contributed by atoms with Crippen LogP contribution < -0.4 is 10.1 Å². The third kappa shape index (κ3) is 7.67. The number of alkyl carbamates (subject to hydrolysis) is 1. The summed E-state index contributed by atoms with van der Waals surface area (Å²) in [5, 5.41) is 2.46. The van der Waals surface area contributed by atoms with E-state index >= 15 is 0 Å². The number of hydrogen-bond donors (Lipinski definition) is 1. The number of carbonyl (C=O) groups is 2. The summed E-state index contributed by atoms with van der Waals surface area (Å²) < 4.78 is 10.7. The van der Waals surface area contributed by atoms with Crippen molar-refractivity contribution in [1.29, 1.82) is 0 Å². The van der Waals surface area contributed by atoms with Gasteiger partial charge in [-0.15, -0.1) is 0 Å². The lowest BCUT2D eigenvalue weighted by molar-refractivity contribution is -0.117. The number of nitrogens with one attached hydrogen (secondary N) is 1. The maximum atomic E-state index is 11.9. The lowest BCUT2D eigenvalue weighted by Gasteiger charge is -2.19. The molecule has 1 amide bonds. The molecule has 1 aromatic rings. The first-order valence-electron chi connectivity index (χ1n) is 7.40. The molecule has 1 N–H and O–H groups in total. The van der Waals surface area contributed by atoms with Crippen molar-refractivity contribution in [3.05, 3.63) is 29.8 Å². The molecule has 0 aliphatic heterocycles. The van der Waals surface area contributed by atoms with Crippen molar-refractivity contribution < 1.29 is 19.1 Å². The quantitative estimate of drug-likeness (QED) is 0.877. The summed E-state index contributed by atoms with van der Waals surface area (Å²) in [4.78, 5) is 23.4. The molecule has 0 fully saturated rings. The highest BCUT2D eigenvalue weighted by Gasteiger charge is 2.16. The first-order chi connectivity index (χ1) is 10.2. The Morgan fingerprint density at radius 1 is 1.23 bits per heavy atom. The van der Waals surface area contributed by atoms with Crippen LogP contribution in [0.3, 0.4) is 0 Å². The zero-order chi connectivity index (χ0) is 16.8. The van der Waals surface area contributed by atoms with Crippen LogP contribution in [0.15, 0.2) is 24.3 Å². The number of ketones is 1. The summed E-state index contributed by atoms with van der Waals surface area (Å²) in [6, 6.07) is 7.40. The van der Waals surface area contributed by atoms with Crippen LogP contribution in [-0.4, -0.2) is 30.1 Å². The van der Waals surface area contributed by atoms with Gasteiger partial charge in [0.1, 0.15) is 11.4 Å². The fraction of sp³-hybridized carbons (Fsp3) is 0.529. The van der Waals surface area contributed by atoms with E-state index < -0.39 is 11.7 Å². The Morgan fingerprint density at radius 2 is 1.91 bits per heavy atom. The summed E-state index contributed by atoms with van der Waals surface area (Å²) in [6.45, 7) is 9.16. The molecule has 0 saturated heterocycles. The maximum absolute atomic E-state index is 11.9. The van der Waals surface area contributed by atoms with Gasteiger partial charge in [-0.25, -0.2) is 4.79 Å². The number of benzene rings is 1. The van der Waals surface area contributed by atoms with E-state index in [4.69, 9.17) is 9.47 Å². The topological polar surface area (TPSA) is 64.6 Å². The highest BCUT2D eigenvalue weighted by atomic mass is 16.6.